The van der Waals surface area contributed by atoms with Crippen molar-refractivity contribution in [3.8, 4) is 0 Å². The summed E-state index contributed by atoms with van der Waals surface area (Å²) in [4.78, 5) is 43.9. The van der Waals surface area contributed by atoms with E-state index in [9.17, 15) is 14.4 Å². The van der Waals surface area contributed by atoms with E-state index in [0.717, 1.165) is 48.3 Å². The summed E-state index contributed by atoms with van der Waals surface area (Å²) >= 11 is 0. The van der Waals surface area contributed by atoms with Gasteiger partial charge in [0.1, 0.15) is 0 Å². The molecule has 4 rings (SSSR count). The minimum Gasteiger partial charge on any atom is -0.343 e. The summed E-state index contributed by atoms with van der Waals surface area (Å²) in [7, 11) is 0. The lowest BCUT2D eigenvalue weighted by molar-refractivity contribution is -0.131. The first-order chi connectivity index (χ1) is 14.4. The topological polar surface area (TPSA) is 73.0 Å². The molecule has 30 heavy (non-hydrogen) atoms. The van der Waals surface area contributed by atoms with Crippen molar-refractivity contribution in [1.82, 2.24) is 20.0 Å². The van der Waals surface area contributed by atoms with E-state index in [0.29, 0.717) is 31.6 Å². The molecule has 1 saturated heterocycles. The lowest BCUT2D eigenvalue weighted by Crippen LogP contribution is -2.47. The third-order valence-electron chi connectivity index (χ3n) is 6.40. The van der Waals surface area contributed by atoms with Gasteiger partial charge in [-0.25, -0.2) is 4.79 Å². The van der Waals surface area contributed by atoms with Crippen molar-refractivity contribution in [2.75, 3.05) is 32.7 Å². The SMILES string of the molecule is CCN1C(=O)N[C@@H](c2ccc(C)cc2C)C2=C1CN(CCC(=O)N1CCCC1)C2=O. The van der Waals surface area contributed by atoms with Crippen molar-refractivity contribution < 1.29 is 14.4 Å². The predicted octanol–water partition coefficient (Wildman–Crippen LogP) is 2.50. The molecule has 0 radical (unpaired) electrons. The number of nitrogens with zero attached hydrogens (tertiary/aromatic N) is 3. The number of urea groups is 1. The zero-order valence-corrected chi connectivity index (χ0v) is 18.0. The summed E-state index contributed by atoms with van der Waals surface area (Å²) in [5.74, 6) is 0.0281. The normalized spacial score (nSPS) is 21.4. The molecule has 7 nitrogen and oxygen atoms in total. The Labute approximate surface area is 177 Å². The highest BCUT2D eigenvalue weighted by atomic mass is 16.2. The van der Waals surface area contributed by atoms with Gasteiger partial charge in [0, 0.05) is 32.6 Å². The highest BCUT2D eigenvalue weighted by Gasteiger charge is 2.43. The molecule has 3 aliphatic heterocycles. The van der Waals surface area contributed by atoms with Crippen LogP contribution >= 0.6 is 0 Å². The number of likely N-dealkylation sites (tertiary alicyclic amines) is 1. The quantitative estimate of drug-likeness (QED) is 0.811. The number of carbonyl (C=O) groups is 3. The second-order valence-electron chi connectivity index (χ2n) is 8.41. The number of carbonyl (C=O) groups excluding carboxylic acids is 3. The molecule has 1 aromatic rings. The largest absolute Gasteiger partial charge is 0.343 e. The second-order valence-corrected chi connectivity index (χ2v) is 8.41. The van der Waals surface area contributed by atoms with Gasteiger partial charge in [0.05, 0.1) is 23.9 Å². The molecule has 3 heterocycles. The van der Waals surface area contributed by atoms with E-state index in [2.05, 4.69) is 11.4 Å². The van der Waals surface area contributed by atoms with Crippen LogP contribution in [0.1, 0.15) is 48.9 Å². The first-order valence-corrected chi connectivity index (χ1v) is 10.9. The molecule has 160 valence electrons. The van der Waals surface area contributed by atoms with Crippen LogP contribution in [0.2, 0.25) is 0 Å². The summed E-state index contributed by atoms with van der Waals surface area (Å²) in [6.07, 6.45) is 2.44. The summed E-state index contributed by atoms with van der Waals surface area (Å²) in [6.45, 7) is 8.84. The molecule has 4 amide bonds. The van der Waals surface area contributed by atoms with Crippen LogP contribution in [0.25, 0.3) is 0 Å². The predicted molar refractivity (Wildman–Crippen MR) is 114 cm³/mol. The number of likely N-dealkylation sites (N-methyl/N-ethyl adjacent to an activating group) is 1. The fourth-order valence-electron chi connectivity index (χ4n) is 4.80. The van der Waals surface area contributed by atoms with Crippen LogP contribution < -0.4 is 5.32 Å². The van der Waals surface area contributed by atoms with Gasteiger partial charge >= 0.3 is 6.03 Å². The van der Waals surface area contributed by atoms with Gasteiger partial charge in [0.25, 0.3) is 5.91 Å². The molecule has 0 unspecified atom stereocenters. The summed E-state index contributed by atoms with van der Waals surface area (Å²) in [6, 6.07) is 5.44. The Morgan fingerprint density at radius 3 is 2.57 bits per heavy atom. The number of nitrogens with one attached hydrogen (secondary N) is 1. The van der Waals surface area contributed by atoms with Crippen molar-refractivity contribution in [3.05, 3.63) is 46.2 Å². The van der Waals surface area contributed by atoms with Crippen molar-refractivity contribution in [2.24, 2.45) is 0 Å². The van der Waals surface area contributed by atoms with E-state index >= 15 is 0 Å². The van der Waals surface area contributed by atoms with Crippen LogP contribution in [0, 0.1) is 13.8 Å². The molecule has 0 aliphatic carbocycles. The average molecular weight is 411 g/mol. The van der Waals surface area contributed by atoms with Crippen molar-refractivity contribution in [1.29, 1.82) is 0 Å². The maximum atomic E-state index is 13.4. The molecule has 0 spiro atoms. The first kappa shape index (κ1) is 20.4. The average Bonchev–Trinajstić information content (AvgIpc) is 3.35. The molecule has 1 aromatic carbocycles. The second kappa shape index (κ2) is 8.13. The third kappa shape index (κ3) is 3.57. The van der Waals surface area contributed by atoms with Gasteiger partial charge in [-0.2, -0.15) is 0 Å². The molecule has 1 atom stereocenters. The fraction of sp³-hybridized carbons (Fsp3) is 0.522. The number of amides is 4. The molecular weight excluding hydrogens is 380 g/mol. The van der Waals surface area contributed by atoms with Gasteiger partial charge in [-0.05, 0) is 44.7 Å². The lowest BCUT2D eigenvalue weighted by Gasteiger charge is -2.33. The van der Waals surface area contributed by atoms with Gasteiger partial charge < -0.3 is 15.1 Å². The zero-order valence-electron chi connectivity index (χ0n) is 18.0. The number of benzene rings is 1. The first-order valence-electron chi connectivity index (χ1n) is 10.9. The molecule has 0 aromatic heterocycles. The molecule has 1 fully saturated rings. The van der Waals surface area contributed by atoms with E-state index < -0.39 is 6.04 Å². The van der Waals surface area contributed by atoms with Crippen LogP contribution in [0.15, 0.2) is 29.5 Å². The molecule has 0 bridgehead atoms. The number of aryl methyl sites for hydroxylation is 2. The van der Waals surface area contributed by atoms with Crippen LogP contribution in [-0.4, -0.2) is 65.3 Å². The number of hydrogen-bond donors (Lipinski definition) is 1. The van der Waals surface area contributed by atoms with Gasteiger partial charge in [-0.15, -0.1) is 0 Å². The maximum absolute atomic E-state index is 13.4. The molecular formula is C23H30N4O3. The van der Waals surface area contributed by atoms with Crippen molar-refractivity contribution in [3.63, 3.8) is 0 Å². The molecule has 1 N–H and O–H groups in total. The third-order valence-corrected chi connectivity index (χ3v) is 6.40. The Balaban J connectivity index is 1.58. The van der Waals surface area contributed by atoms with E-state index in [1.165, 1.54) is 0 Å². The maximum Gasteiger partial charge on any atom is 0.322 e. The standard InChI is InChI=1S/C23H30N4O3/c1-4-27-18-14-26(12-9-19(28)25-10-5-6-11-25)22(29)20(18)21(24-23(27)30)17-8-7-15(2)13-16(17)3/h7-8,13,21H,4-6,9-12,14H2,1-3H3,(H,24,30)/t21-/m0/s1. The Hall–Kier alpha value is -2.83. The molecule has 0 saturated carbocycles. The summed E-state index contributed by atoms with van der Waals surface area (Å²) in [5.41, 5.74) is 4.54. The van der Waals surface area contributed by atoms with Gasteiger partial charge in [-0.3, -0.25) is 14.5 Å². The summed E-state index contributed by atoms with van der Waals surface area (Å²) in [5, 5.41) is 3.03. The Morgan fingerprint density at radius 2 is 1.90 bits per heavy atom. The van der Waals surface area contributed by atoms with Crippen LogP contribution in [0.5, 0.6) is 0 Å². The van der Waals surface area contributed by atoms with Gasteiger partial charge in [0.15, 0.2) is 0 Å². The highest BCUT2D eigenvalue weighted by molar-refractivity contribution is 6.01. The van der Waals surface area contributed by atoms with E-state index in [4.69, 9.17) is 0 Å². The van der Waals surface area contributed by atoms with Gasteiger partial charge in [0.2, 0.25) is 5.91 Å². The van der Waals surface area contributed by atoms with E-state index in [1.807, 2.05) is 37.8 Å². The number of hydrogen-bond acceptors (Lipinski definition) is 3. The van der Waals surface area contributed by atoms with E-state index in [1.54, 1.807) is 9.80 Å². The summed E-state index contributed by atoms with van der Waals surface area (Å²) < 4.78 is 0. The lowest BCUT2D eigenvalue weighted by atomic mass is 9.91. The monoisotopic (exact) mass is 410 g/mol. The van der Waals surface area contributed by atoms with Crippen LogP contribution in [0.4, 0.5) is 4.79 Å². The van der Waals surface area contributed by atoms with E-state index in [-0.39, 0.29) is 17.8 Å². The van der Waals surface area contributed by atoms with Crippen molar-refractivity contribution in [2.45, 2.75) is 46.1 Å². The zero-order chi connectivity index (χ0) is 21.4. The number of rotatable bonds is 5. The minimum atomic E-state index is -0.456. The molecule has 3 aliphatic rings. The minimum absolute atomic E-state index is 0.0809. The molecule has 7 heteroatoms. The smallest absolute Gasteiger partial charge is 0.322 e. The van der Waals surface area contributed by atoms with Crippen LogP contribution in [-0.2, 0) is 9.59 Å². The highest BCUT2D eigenvalue weighted by Crippen LogP contribution is 2.37. The Morgan fingerprint density at radius 1 is 1.17 bits per heavy atom. The van der Waals surface area contributed by atoms with Crippen LogP contribution in [0.3, 0.4) is 0 Å². The Bertz CT molecular complexity index is 917. The fourth-order valence-corrected chi connectivity index (χ4v) is 4.80. The Kier molecular flexibility index (Phi) is 5.54. The van der Waals surface area contributed by atoms with Crippen molar-refractivity contribution >= 4 is 17.8 Å². The van der Waals surface area contributed by atoms with Gasteiger partial charge in [-0.1, -0.05) is 23.8 Å².